The first-order valence-corrected chi connectivity index (χ1v) is 8.51. The molecule has 128 valence electrons. The lowest BCUT2D eigenvalue weighted by Gasteiger charge is -2.34. The Balaban J connectivity index is 1.57. The first-order valence-electron chi connectivity index (χ1n) is 8.51. The Kier molecular flexibility index (Phi) is 4.94. The fourth-order valence-corrected chi connectivity index (χ4v) is 2.96. The molecule has 6 heteroatoms. The maximum absolute atomic E-state index is 12.5. The van der Waals surface area contributed by atoms with Crippen molar-refractivity contribution < 1.29 is 4.79 Å². The van der Waals surface area contributed by atoms with Crippen LogP contribution in [-0.2, 0) is 6.54 Å². The number of pyridine rings is 1. The molecule has 0 bridgehead atoms. The highest BCUT2D eigenvalue weighted by Gasteiger charge is 2.23. The van der Waals surface area contributed by atoms with Crippen LogP contribution in [0.5, 0.6) is 0 Å². The highest BCUT2D eigenvalue weighted by atomic mass is 16.2. The van der Waals surface area contributed by atoms with Crippen molar-refractivity contribution in [1.82, 2.24) is 24.6 Å². The van der Waals surface area contributed by atoms with Crippen molar-refractivity contribution in [1.29, 1.82) is 0 Å². The molecule has 1 saturated heterocycles. The van der Waals surface area contributed by atoms with Gasteiger partial charge in [-0.3, -0.25) is 19.4 Å². The number of carbonyl (C=O) groups excluding carboxylic acids is 1. The van der Waals surface area contributed by atoms with E-state index in [1.807, 2.05) is 15.6 Å². The number of amides is 1. The molecule has 0 N–H and O–H groups in total. The molecule has 0 aromatic carbocycles. The van der Waals surface area contributed by atoms with Gasteiger partial charge in [-0.25, -0.2) is 0 Å². The standard InChI is InChI=1S/C18H25N5O/c1-14(2)23-13-17(15(3)20-23)12-21-7-9-22(10-8-21)18(24)16-5-4-6-19-11-16/h4-6,11,13-14H,7-10,12H2,1-3H3. The van der Waals surface area contributed by atoms with Crippen LogP contribution in [0.25, 0.3) is 0 Å². The number of aromatic nitrogens is 3. The van der Waals surface area contributed by atoms with Crippen LogP contribution < -0.4 is 0 Å². The highest BCUT2D eigenvalue weighted by molar-refractivity contribution is 5.93. The summed E-state index contributed by atoms with van der Waals surface area (Å²) in [4.78, 5) is 20.8. The average molecular weight is 327 g/mol. The zero-order valence-corrected chi connectivity index (χ0v) is 14.6. The van der Waals surface area contributed by atoms with E-state index >= 15 is 0 Å². The van der Waals surface area contributed by atoms with Crippen LogP contribution in [0.3, 0.4) is 0 Å². The summed E-state index contributed by atoms with van der Waals surface area (Å²) in [6, 6.07) is 4.01. The van der Waals surface area contributed by atoms with Gasteiger partial charge in [0.25, 0.3) is 5.91 Å². The smallest absolute Gasteiger partial charge is 0.255 e. The summed E-state index contributed by atoms with van der Waals surface area (Å²) in [7, 11) is 0. The van der Waals surface area contributed by atoms with Crippen molar-refractivity contribution in [3.05, 3.63) is 47.5 Å². The van der Waals surface area contributed by atoms with Crippen LogP contribution in [0.1, 0.15) is 41.5 Å². The Bertz CT molecular complexity index is 687. The highest BCUT2D eigenvalue weighted by Crippen LogP contribution is 2.15. The van der Waals surface area contributed by atoms with Crippen LogP contribution in [0, 0.1) is 6.92 Å². The van der Waals surface area contributed by atoms with Gasteiger partial charge in [0.1, 0.15) is 0 Å². The van der Waals surface area contributed by atoms with Crippen LogP contribution in [0.4, 0.5) is 0 Å². The zero-order valence-electron chi connectivity index (χ0n) is 14.6. The van der Waals surface area contributed by atoms with Crippen molar-refractivity contribution in [2.24, 2.45) is 0 Å². The van der Waals surface area contributed by atoms with Crippen molar-refractivity contribution in [3.63, 3.8) is 0 Å². The summed E-state index contributed by atoms with van der Waals surface area (Å²) >= 11 is 0. The summed E-state index contributed by atoms with van der Waals surface area (Å²) < 4.78 is 2.02. The Hall–Kier alpha value is -2.21. The molecule has 0 atom stereocenters. The summed E-state index contributed by atoms with van der Waals surface area (Å²) in [5.41, 5.74) is 3.04. The third kappa shape index (κ3) is 3.64. The maximum Gasteiger partial charge on any atom is 0.255 e. The minimum atomic E-state index is 0.0755. The topological polar surface area (TPSA) is 54.3 Å². The molecule has 1 aliphatic rings. The summed E-state index contributed by atoms with van der Waals surface area (Å²) in [6.45, 7) is 10.5. The van der Waals surface area contributed by atoms with Gasteiger partial charge in [0, 0.05) is 62.9 Å². The quantitative estimate of drug-likeness (QED) is 0.863. The number of carbonyl (C=O) groups is 1. The summed E-state index contributed by atoms with van der Waals surface area (Å²) in [6.07, 6.45) is 5.47. The van der Waals surface area contributed by atoms with Crippen LogP contribution >= 0.6 is 0 Å². The molecule has 0 spiro atoms. The van der Waals surface area contributed by atoms with E-state index in [9.17, 15) is 4.79 Å². The molecule has 1 fully saturated rings. The van der Waals surface area contributed by atoms with E-state index in [1.54, 1.807) is 18.5 Å². The fraction of sp³-hybridized carbons (Fsp3) is 0.500. The molecule has 6 nitrogen and oxygen atoms in total. The molecule has 1 aliphatic heterocycles. The second-order valence-corrected chi connectivity index (χ2v) is 6.62. The first-order chi connectivity index (χ1) is 11.5. The van der Waals surface area contributed by atoms with E-state index in [2.05, 4.69) is 42.0 Å². The molecule has 24 heavy (non-hydrogen) atoms. The third-order valence-electron chi connectivity index (χ3n) is 4.51. The molecule has 2 aromatic heterocycles. The molecule has 0 saturated carbocycles. The summed E-state index contributed by atoms with van der Waals surface area (Å²) in [5.74, 6) is 0.0755. The Morgan fingerprint density at radius 1 is 1.25 bits per heavy atom. The average Bonchev–Trinajstić information content (AvgIpc) is 2.97. The number of rotatable bonds is 4. The van der Waals surface area contributed by atoms with Gasteiger partial charge < -0.3 is 4.90 Å². The monoisotopic (exact) mass is 327 g/mol. The summed E-state index contributed by atoms with van der Waals surface area (Å²) in [5, 5.41) is 4.58. The molecule has 1 amide bonds. The van der Waals surface area contributed by atoms with Crippen LogP contribution in [-0.4, -0.2) is 56.7 Å². The van der Waals surface area contributed by atoms with Crippen molar-refractivity contribution in [2.45, 2.75) is 33.4 Å². The zero-order chi connectivity index (χ0) is 17.1. The van der Waals surface area contributed by atoms with Gasteiger partial charge in [0.15, 0.2) is 0 Å². The van der Waals surface area contributed by atoms with Crippen LogP contribution in [0.15, 0.2) is 30.7 Å². The van der Waals surface area contributed by atoms with Gasteiger partial charge >= 0.3 is 0 Å². The maximum atomic E-state index is 12.5. The molecule has 3 rings (SSSR count). The van der Waals surface area contributed by atoms with Gasteiger partial charge in [-0.05, 0) is 32.9 Å². The van der Waals surface area contributed by atoms with Gasteiger partial charge in [-0.15, -0.1) is 0 Å². The molecule has 2 aromatic rings. The number of nitrogens with zero attached hydrogens (tertiary/aromatic N) is 5. The molecule has 0 aliphatic carbocycles. The minimum absolute atomic E-state index is 0.0755. The number of aryl methyl sites for hydroxylation is 1. The lowest BCUT2D eigenvalue weighted by molar-refractivity contribution is 0.0627. The number of piperazine rings is 1. The van der Waals surface area contributed by atoms with E-state index < -0.39 is 0 Å². The SMILES string of the molecule is Cc1nn(C(C)C)cc1CN1CCN(C(=O)c2cccnc2)CC1. The van der Waals surface area contributed by atoms with Crippen molar-refractivity contribution in [2.75, 3.05) is 26.2 Å². The second kappa shape index (κ2) is 7.13. The third-order valence-corrected chi connectivity index (χ3v) is 4.51. The number of hydrogen-bond donors (Lipinski definition) is 0. The fourth-order valence-electron chi connectivity index (χ4n) is 2.96. The first kappa shape index (κ1) is 16.6. The van der Waals surface area contributed by atoms with Crippen LogP contribution in [0.2, 0.25) is 0 Å². The van der Waals surface area contributed by atoms with Gasteiger partial charge in [0.05, 0.1) is 11.3 Å². The predicted octanol–water partition coefficient (Wildman–Crippen LogP) is 2.13. The minimum Gasteiger partial charge on any atom is -0.336 e. The number of hydrogen-bond acceptors (Lipinski definition) is 4. The molecule has 3 heterocycles. The Morgan fingerprint density at radius 3 is 2.58 bits per heavy atom. The lowest BCUT2D eigenvalue weighted by atomic mass is 10.2. The van der Waals surface area contributed by atoms with E-state index in [0.29, 0.717) is 11.6 Å². The van der Waals surface area contributed by atoms with Crippen molar-refractivity contribution >= 4 is 5.91 Å². The van der Waals surface area contributed by atoms with Crippen molar-refractivity contribution in [3.8, 4) is 0 Å². The van der Waals surface area contributed by atoms with E-state index in [1.165, 1.54) is 5.56 Å². The van der Waals surface area contributed by atoms with Gasteiger partial charge in [-0.1, -0.05) is 0 Å². The molecule has 0 unspecified atom stereocenters. The largest absolute Gasteiger partial charge is 0.336 e. The molecular weight excluding hydrogens is 302 g/mol. The predicted molar refractivity (Wildman–Crippen MR) is 92.8 cm³/mol. The Labute approximate surface area is 143 Å². The molecule has 0 radical (unpaired) electrons. The van der Waals surface area contributed by atoms with E-state index in [4.69, 9.17) is 0 Å². The lowest BCUT2D eigenvalue weighted by Crippen LogP contribution is -2.48. The van der Waals surface area contributed by atoms with E-state index in [0.717, 1.165) is 38.4 Å². The normalized spacial score (nSPS) is 15.9. The second-order valence-electron chi connectivity index (χ2n) is 6.62. The Morgan fingerprint density at radius 2 is 2.00 bits per heavy atom. The van der Waals surface area contributed by atoms with E-state index in [-0.39, 0.29) is 5.91 Å². The van der Waals surface area contributed by atoms with Gasteiger partial charge in [0.2, 0.25) is 0 Å². The van der Waals surface area contributed by atoms with Gasteiger partial charge in [-0.2, -0.15) is 5.10 Å². The molecular formula is C18H25N5O.